The van der Waals surface area contributed by atoms with E-state index in [0.29, 0.717) is 11.4 Å². The number of hydrogen-bond donors (Lipinski definition) is 4. The fourth-order valence-electron chi connectivity index (χ4n) is 4.33. The van der Waals surface area contributed by atoms with Crippen LogP contribution in [-0.2, 0) is 4.79 Å². The Bertz CT molecular complexity index is 957. The number of carbonyl (C=O) groups excluding carboxylic acids is 1. The van der Waals surface area contributed by atoms with Crippen LogP contribution in [0.25, 0.3) is 0 Å². The van der Waals surface area contributed by atoms with E-state index < -0.39 is 0 Å². The van der Waals surface area contributed by atoms with Gasteiger partial charge < -0.3 is 20.8 Å². The van der Waals surface area contributed by atoms with Crippen LogP contribution < -0.4 is 10.6 Å². The van der Waals surface area contributed by atoms with Gasteiger partial charge >= 0.3 is 0 Å². The Balaban J connectivity index is 1.78. The van der Waals surface area contributed by atoms with Gasteiger partial charge in [0.1, 0.15) is 11.5 Å². The molecule has 4 N–H and O–H groups in total. The molecule has 2 aliphatic rings. The number of nitrogens with one attached hydrogen (secondary N) is 2. The van der Waals surface area contributed by atoms with Gasteiger partial charge in [0.25, 0.3) is 0 Å². The smallest absolute Gasteiger partial charge is 0.224 e. The van der Waals surface area contributed by atoms with Gasteiger partial charge in [-0.2, -0.15) is 0 Å². The second-order valence-electron chi connectivity index (χ2n) is 7.40. The number of hydrogen-bond acceptors (Lipinski definition) is 4. The molecule has 4 rings (SSSR count). The number of rotatable bonds is 4. The minimum absolute atomic E-state index is 0.0103. The maximum atomic E-state index is 12.2. The number of phenols is 2. The van der Waals surface area contributed by atoms with Gasteiger partial charge in [-0.3, -0.25) is 4.79 Å². The minimum Gasteiger partial charge on any atom is -0.508 e. The largest absolute Gasteiger partial charge is 0.508 e. The molecule has 0 saturated carbocycles. The summed E-state index contributed by atoms with van der Waals surface area (Å²) in [5, 5.41) is 27.1. The van der Waals surface area contributed by atoms with E-state index in [9.17, 15) is 15.0 Å². The third kappa shape index (κ3) is 3.20. The van der Waals surface area contributed by atoms with Crippen molar-refractivity contribution in [3.63, 3.8) is 0 Å². The summed E-state index contributed by atoms with van der Waals surface area (Å²) in [6, 6.07) is 8.15. The number of carbonyl (C=O) groups is 1. The molecule has 28 heavy (non-hydrogen) atoms. The van der Waals surface area contributed by atoms with Crippen LogP contribution >= 0.6 is 11.6 Å². The monoisotopic (exact) mass is 398 g/mol. The maximum Gasteiger partial charge on any atom is 0.224 e. The summed E-state index contributed by atoms with van der Waals surface area (Å²) in [5.41, 5.74) is 3.27. The molecule has 1 amide bonds. The molecule has 146 valence electrons. The zero-order valence-corrected chi connectivity index (χ0v) is 16.3. The van der Waals surface area contributed by atoms with Gasteiger partial charge in [0, 0.05) is 35.2 Å². The molecule has 1 aliphatic carbocycles. The Hall–Kier alpha value is -2.66. The highest BCUT2D eigenvalue weighted by atomic mass is 35.5. The summed E-state index contributed by atoms with van der Waals surface area (Å²) in [6.07, 6.45) is 6.39. The number of amides is 1. The van der Waals surface area contributed by atoms with E-state index in [0.717, 1.165) is 35.3 Å². The first-order chi connectivity index (χ1) is 13.5. The number of benzene rings is 2. The summed E-state index contributed by atoms with van der Waals surface area (Å²) in [4.78, 5) is 12.2. The first-order valence-corrected chi connectivity index (χ1v) is 9.94. The summed E-state index contributed by atoms with van der Waals surface area (Å²) < 4.78 is 0. The first kappa shape index (κ1) is 18.7. The molecule has 3 atom stereocenters. The molecule has 0 radical (unpaired) electrons. The lowest BCUT2D eigenvalue weighted by Gasteiger charge is -2.39. The fourth-order valence-corrected chi connectivity index (χ4v) is 4.55. The molecule has 0 spiro atoms. The standard InChI is InChI=1S/C22H23ClN2O3/c1-2-4-19(28)24-17-10-9-16(23)22-20(17)13-5-3-6-14(13)21(25-22)15-8-7-12(26)11-18(15)27/h3,5,7-11,13-14,21,25-27H,2,4,6H2,1H3,(H,24,28). The summed E-state index contributed by atoms with van der Waals surface area (Å²) >= 11 is 6.52. The fraction of sp³-hybridized carbons (Fsp3) is 0.318. The quantitative estimate of drug-likeness (QED) is 0.525. The van der Waals surface area contributed by atoms with Crippen molar-refractivity contribution in [3.05, 3.63) is 58.6 Å². The number of halogens is 1. The van der Waals surface area contributed by atoms with Crippen molar-refractivity contribution in [2.45, 2.75) is 38.1 Å². The average molecular weight is 399 g/mol. The van der Waals surface area contributed by atoms with Crippen molar-refractivity contribution in [1.29, 1.82) is 0 Å². The third-order valence-corrected chi connectivity index (χ3v) is 5.88. The van der Waals surface area contributed by atoms with Crippen molar-refractivity contribution in [2.75, 3.05) is 10.6 Å². The second kappa shape index (κ2) is 7.40. The summed E-state index contributed by atoms with van der Waals surface area (Å²) in [5.74, 6) is 0.310. The van der Waals surface area contributed by atoms with Crippen molar-refractivity contribution in [3.8, 4) is 11.5 Å². The van der Waals surface area contributed by atoms with E-state index in [1.807, 2.05) is 13.0 Å². The Morgan fingerprint density at radius 3 is 2.86 bits per heavy atom. The third-order valence-electron chi connectivity index (χ3n) is 5.57. The topological polar surface area (TPSA) is 81.6 Å². The molecule has 0 saturated heterocycles. The highest BCUT2D eigenvalue weighted by molar-refractivity contribution is 6.33. The van der Waals surface area contributed by atoms with E-state index in [1.165, 1.54) is 6.07 Å². The molecule has 1 heterocycles. The van der Waals surface area contributed by atoms with Crippen molar-refractivity contribution >= 4 is 28.9 Å². The molecular formula is C22H23ClN2O3. The summed E-state index contributed by atoms with van der Waals surface area (Å²) in [6.45, 7) is 1.98. The Morgan fingerprint density at radius 2 is 2.11 bits per heavy atom. The van der Waals surface area contributed by atoms with Gasteiger partial charge in [0.05, 0.1) is 16.8 Å². The van der Waals surface area contributed by atoms with Gasteiger partial charge in [-0.05, 0) is 43.0 Å². The predicted octanol–water partition coefficient (Wildman–Crippen LogP) is 5.32. The van der Waals surface area contributed by atoms with E-state index in [1.54, 1.807) is 18.2 Å². The van der Waals surface area contributed by atoms with Gasteiger partial charge in [0.15, 0.2) is 0 Å². The molecule has 2 aromatic rings. The van der Waals surface area contributed by atoms with Gasteiger partial charge in [-0.15, -0.1) is 0 Å². The molecule has 6 heteroatoms. The number of anilines is 2. The molecule has 2 aromatic carbocycles. The summed E-state index contributed by atoms with van der Waals surface area (Å²) in [7, 11) is 0. The van der Waals surface area contributed by atoms with Gasteiger partial charge in [-0.25, -0.2) is 0 Å². The van der Waals surface area contributed by atoms with Crippen LogP contribution in [0.1, 0.15) is 49.3 Å². The molecule has 0 fully saturated rings. The van der Waals surface area contributed by atoms with Crippen LogP contribution in [0.2, 0.25) is 5.02 Å². The Labute approximate surface area is 169 Å². The Morgan fingerprint density at radius 1 is 1.29 bits per heavy atom. The number of allylic oxidation sites excluding steroid dienone is 2. The molecule has 0 aromatic heterocycles. The van der Waals surface area contributed by atoms with E-state index in [2.05, 4.69) is 22.8 Å². The zero-order valence-electron chi connectivity index (χ0n) is 15.6. The lowest BCUT2D eigenvalue weighted by atomic mass is 9.76. The molecule has 3 unspecified atom stereocenters. The molecule has 0 bridgehead atoms. The van der Waals surface area contributed by atoms with Crippen molar-refractivity contribution in [1.82, 2.24) is 0 Å². The highest BCUT2D eigenvalue weighted by Gasteiger charge is 2.41. The van der Waals surface area contributed by atoms with E-state index in [-0.39, 0.29) is 35.3 Å². The van der Waals surface area contributed by atoms with Crippen LogP contribution in [0.4, 0.5) is 11.4 Å². The van der Waals surface area contributed by atoms with E-state index >= 15 is 0 Å². The van der Waals surface area contributed by atoms with Gasteiger partial charge in [0.2, 0.25) is 5.91 Å². The van der Waals surface area contributed by atoms with Crippen LogP contribution in [0.15, 0.2) is 42.5 Å². The molecular weight excluding hydrogens is 376 g/mol. The SMILES string of the molecule is CCCC(=O)Nc1ccc(Cl)c2c1C1C=CCC1C(c1ccc(O)cc1O)N2. The maximum absolute atomic E-state index is 12.2. The number of fused-ring (bicyclic) bond motifs is 3. The van der Waals surface area contributed by atoms with Crippen LogP contribution in [0.3, 0.4) is 0 Å². The lowest BCUT2D eigenvalue weighted by molar-refractivity contribution is -0.116. The second-order valence-corrected chi connectivity index (χ2v) is 7.81. The predicted molar refractivity (Wildman–Crippen MR) is 111 cm³/mol. The molecule has 1 aliphatic heterocycles. The van der Waals surface area contributed by atoms with Crippen molar-refractivity contribution in [2.24, 2.45) is 5.92 Å². The van der Waals surface area contributed by atoms with E-state index in [4.69, 9.17) is 11.6 Å². The Kier molecular flexibility index (Phi) is 4.94. The minimum atomic E-state index is -0.160. The zero-order chi connectivity index (χ0) is 19.8. The van der Waals surface area contributed by atoms with Gasteiger partial charge in [-0.1, -0.05) is 30.7 Å². The van der Waals surface area contributed by atoms with Crippen LogP contribution in [-0.4, -0.2) is 16.1 Å². The number of aromatic hydroxyl groups is 2. The van der Waals surface area contributed by atoms with Crippen LogP contribution in [0.5, 0.6) is 11.5 Å². The number of phenolic OH excluding ortho intramolecular Hbond substituents is 2. The van der Waals surface area contributed by atoms with Crippen LogP contribution in [0, 0.1) is 5.92 Å². The average Bonchev–Trinajstić information content (AvgIpc) is 3.13. The normalized spacial score (nSPS) is 22.3. The molecule has 5 nitrogen and oxygen atoms in total. The van der Waals surface area contributed by atoms with Crippen molar-refractivity contribution < 1.29 is 15.0 Å². The highest BCUT2D eigenvalue weighted by Crippen LogP contribution is 2.54. The first-order valence-electron chi connectivity index (χ1n) is 9.57. The lowest BCUT2D eigenvalue weighted by Crippen LogP contribution is -2.30.